The lowest BCUT2D eigenvalue weighted by molar-refractivity contribution is -0.133. The number of hydrogen-bond donors (Lipinski definition) is 1. The van der Waals surface area contributed by atoms with Crippen molar-refractivity contribution in [3.05, 3.63) is 58.5 Å². The van der Waals surface area contributed by atoms with E-state index in [0.717, 1.165) is 24.3 Å². The zero-order valence-corrected chi connectivity index (χ0v) is 15.0. The molecule has 1 saturated heterocycles. The van der Waals surface area contributed by atoms with Gasteiger partial charge in [-0.1, -0.05) is 6.07 Å². The minimum atomic E-state index is -0.153. The molecule has 0 spiro atoms. The summed E-state index contributed by atoms with van der Waals surface area (Å²) >= 11 is 1.56. The van der Waals surface area contributed by atoms with Crippen LogP contribution in [0.5, 0.6) is 0 Å². The highest BCUT2D eigenvalue weighted by Crippen LogP contribution is 2.27. The van der Waals surface area contributed by atoms with Gasteiger partial charge in [-0.3, -0.25) is 9.59 Å². The lowest BCUT2D eigenvalue weighted by atomic mass is 9.97. The molecule has 4 heterocycles. The Hall–Kier alpha value is -2.74. The fourth-order valence-corrected chi connectivity index (χ4v) is 3.97. The SMILES string of the molecule is O=C(Cn1ccnc1)N1CCC[C@H](c2nc(-c3cccs3)cc(=O)[nH]2)C1. The summed E-state index contributed by atoms with van der Waals surface area (Å²) in [7, 11) is 0. The van der Waals surface area contributed by atoms with Crippen LogP contribution in [0.3, 0.4) is 0 Å². The molecule has 0 unspecified atom stereocenters. The van der Waals surface area contributed by atoms with Gasteiger partial charge in [-0.2, -0.15) is 0 Å². The average molecular weight is 369 g/mol. The van der Waals surface area contributed by atoms with Crippen LogP contribution in [0, 0.1) is 0 Å². The van der Waals surface area contributed by atoms with E-state index >= 15 is 0 Å². The Labute approximate surface area is 154 Å². The fraction of sp³-hybridized carbons (Fsp3) is 0.333. The maximum Gasteiger partial charge on any atom is 0.251 e. The number of rotatable bonds is 4. The van der Waals surface area contributed by atoms with Crippen molar-refractivity contribution in [3.8, 4) is 10.6 Å². The number of amides is 1. The summed E-state index contributed by atoms with van der Waals surface area (Å²) < 4.78 is 1.77. The van der Waals surface area contributed by atoms with Crippen LogP contribution in [0.25, 0.3) is 10.6 Å². The molecule has 1 aliphatic heterocycles. The van der Waals surface area contributed by atoms with E-state index < -0.39 is 0 Å². The first-order valence-electron chi connectivity index (χ1n) is 8.58. The molecule has 1 atom stereocenters. The number of carbonyl (C=O) groups is 1. The van der Waals surface area contributed by atoms with E-state index in [1.54, 1.807) is 34.6 Å². The summed E-state index contributed by atoms with van der Waals surface area (Å²) in [4.78, 5) is 39.0. The minimum absolute atomic E-state index is 0.0445. The molecule has 7 nitrogen and oxygen atoms in total. The predicted molar refractivity (Wildman–Crippen MR) is 99.0 cm³/mol. The standard InChI is InChI=1S/C18H19N5O2S/c24-16-9-14(15-4-2-8-26-15)20-18(21-16)13-3-1-6-23(10-13)17(25)11-22-7-5-19-12-22/h2,4-5,7-9,12-13H,1,3,6,10-11H2,(H,20,21,24)/t13-/m0/s1. The van der Waals surface area contributed by atoms with E-state index in [1.807, 2.05) is 22.4 Å². The highest BCUT2D eigenvalue weighted by molar-refractivity contribution is 7.13. The van der Waals surface area contributed by atoms with Crippen molar-refractivity contribution in [1.82, 2.24) is 24.4 Å². The molecule has 4 rings (SSSR count). The van der Waals surface area contributed by atoms with E-state index in [-0.39, 0.29) is 23.9 Å². The van der Waals surface area contributed by atoms with Crippen LogP contribution >= 0.6 is 11.3 Å². The summed E-state index contributed by atoms with van der Waals surface area (Å²) in [5.41, 5.74) is 0.542. The summed E-state index contributed by atoms with van der Waals surface area (Å²) in [6, 6.07) is 5.43. The molecule has 134 valence electrons. The van der Waals surface area contributed by atoms with Crippen molar-refractivity contribution in [2.75, 3.05) is 13.1 Å². The van der Waals surface area contributed by atoms with Crippen molar-refractivity contribution in [2.45, 2.75) is 25.3 Å². The Morgan fingerprint density at radius 2 is 2.35 bits per heavy atom. The third-order valence-electron chi connectivity index (χ3n) is 4.57. The molecule has 0 radical (unpaired) electrons. The van der Waals surface area contributed by atoms with Crippen LogP contribution in [0.15, 0.2) is 47.1 Å². The Bertz CT molecular complexity index is 933. The molecule has 1 fully saturated rings. The molecule has 0 aromatic carbocycles. The zero-order chi connectivity index (χ0) is 17.9. The van der Waals surface area contributed by atoms with Crippen LogP contribution in [0.2, 0.25) is 0 Å². The number of nitrogens with one attached hydrogen (secondary N) is 1. The van der Waals surface area contributed by atoms with Gasteiger partial charge in [0.2, 0.25) is 5.91 Å². The van der Waals surface area contributed by atoms with Gasteiger partial charge in [-0.15, -0.1) is 11.3 Å². The lowest BCUT2D eigenvalue weighted by Crippen LogP contribution is -2.41. The number of piperidine rings is 1. The molecule has 0 bridgehead atoms. The molecule has 1 aliphatic rings. The second kappa shape index (κ2) is 7.25. The maximum absolute atomic E-state index is 12.5. The molecule has 8 heteroatoms. The van der Waals surface area contributed by atoms with Crippen LogP contribution in [0.1, 0.15) is 24.6 Å². The molecule has 0 saturated carbocycles. The Morgan fingerprint density at radius 3 is 3.12 bits per heavy atom. The van der Waals surface area contributed by atoms with Gasteiger partial charge < -0.3 is 14.5 Å². The summed E-state index contributed by atoms with van der Waals surface area (Å²) in [6.45, 7) is 1.59. The molecule has 26 heavy (non-hydrogen) atoms. The van der Waals surface area contributed by atoms with Gasteiger partial charge in [0.25, 0.3) is 5.56 Å². The number of aromatic amines is 1. The highest BCUT2D eigenvalue weighted by Gasteiger charge is 2.26. The summed E-state index contributed by atoms with van der Waals surface area (Å²) in [5.74, 6) is 0.772. The molecular weight excluding hydrogens is 350 g/mol. The number of imidazole rings is 1. The van der Waals surface area contributed by atoms with Crippen molar-refractivity contribution in [1.29, 1.82) is 0 Å². The van der Waals surface area contributed by atoms with Gasteiger partial charge in [-0.25, -0.2) is 9.97 Å². The third kappa shape index (κ3) is 3.60. The average Bonchev–Trinajstić information content (AvgIpc) is 3.35. The van der Waals surface area contributed by atoms with E-state index in [0.29, 0.717) is 18.1 Å². The molecule has 1 N–H and O–H groups in total. The normalized spacial score (nSPS) is 17.4. The Balaban J connectivity index is 1.52. The van der Waals surface area contributed by atoms with Crippen molar-refractivity contribution >= 4 is 17.2 Å². The lowest BCUT2D eigenvalue weighted by Gasteiger charge is -2.32. The quantitative estimate of drug-likeness (QED) is 0.763. The van der Waals surface area contributed by atoms with Crippen LogP contribution in [0.4, 0.5) is 0 Å². The zero-order valence-electron chi connectivity index (χ0n) is 14.2. The number of thiophene rings is 1. The van der Waals surface area contributed by atoms with Crippen molar-refractivity contribution in [3.63, 3.8) is 0 Å². The Morgan fingerprint density at radius 1 is 1.42 bits per heavy atom. The predicted octanol–water partition coefficient (Wildman–Crippen LogP) is 2.10. The van der Waals surface area contributed by atoms with E-state index in [4.69, 9.17) is 0 Å². The summed E-state index contributed by atoms with van der Waals surface area (Å²) in [6.07, 6.45) is 6.89. The van der Waals surface area contributed by atoms with Crippen LogP contribution in [-0.4, -0.2) is 43.4 Å². The smallest absolute Gasteiger partial charge is 0.251 e. The van der Waals surface area contributed by atoms with Gasteiger partial charge in [0.05, 0.1) is 16.9 Å². The number of nitrogens with zero attached hydrogens (tertiary/aromatic N) is 4. The van der Waals surface area contributed by atoms with Crippen LogP contribution < -0.4 is 5.56 Å². The van der Waals surface area contributed by atoms with Crippen LogP contribution in [-0.2, 0) is 11.3 Å². The first kappa shape index (κ1) is 16.7. The second-order valence-electron chi connectivity index (χ2n) is 6.41. The Kier molecular flexibility index (Phi) is 4.66. The largest absolute Gasteiger partial charge is 0.340 e. The number of likely N-dealkylation sites (tertiary alicyclic amines) is 1. The van der Waals surface area contributed by atoms with Gasteiger partial charge in [0.1, 0.15) is 12.4 Å². The number of aromatic nitrogens is 4. The summed E-state index contributed by atoms with van der Waals surface area (Å²) in [5, 5.41) is 1.97. The van der Waals surface area contributed by atoms with E-state index in [1.165, 1.54) is 6.07 Å². The molecular formula is C18H19N5O2S. The second-order valence-corrected chi connectivity index (χ2v) is 7.35. The molecule has 3 aromatic heterocycles. The fourth-order valence-electron chi connectivity index (χ4n) is 3.28. The third-order valence-corrected chi connectivity index (χ3v) is 5.46. The monoisotopic (exact) mass is 369 g/mol. The first-order valence-corrected chi connectivity index (χ1v) is 9.45. The van der Waals surface area contributed by atoms with Gasteiger partial charge in [0.15, 0.2) is 0 Å². The van der Waals surface area contributed by atoms with Gasteiger partial charge in [-0.05, 0) is 24.3 Å². The molecule has 1 amide bonds. The number of carbonyl (C=O) groups excluding carboxylic acids is 1. The van der Waals surface area contributed by atoms with E-state index in [9.17, 15) is 9.59 Å². The van der Waals surface area contributed by atoms with E-state index in [2.05, 4.69) is 15.0 Å². The van der Waals surface area contributed by atoms with Crippen molar-refractivity contribution in [2.24, 2.45) is 0 Å². The van der Waals surface area contributed by atoms with Crippen molar-refractivity contribution < 1.29 is 4.79 Å². The minimum Gasteiger partial charge on any atom is -0.340 e. The van der Waals surface area contributed by atoms with Gasteiger partial charge >= 0.3 is 0 Å². The highest BCUT2D eigenvalue weighted by atomic mass is 32.1. The molecule has 3 aromatic rings. The number of hydrogen-bond acceptors (Lipinski definition) is 5. The number of H-pyrrole nitrogens is 1. The topological polar surface area (TPSA) is 83.9 Å². The van der Waals surface area contributed by atoms with Gasteiger partial charge in [0, 0.05) is 37.5 Å². The first-order chi connectivity index (χ1) is 12.7. The molecule has 0 aliphatic carbocycles. The maximum atomic E-state index is 12.5.